The molecule has 0 amide bonds. The molecular weight excluding hydrogens is 390 g/mol. The number of aliphatic hydroxyl groups is 2. The van der Waals surface area contributed by atoms with Gasteiger partial charge in [0.05, 0.1) is 30.3 Å². The lowest BCUT2D eigenvalue weighted by atomic mass is 9.55. The Kier molecular flexibility index (Phi) is 5.97. The number of hydrogen-bond donors (Lipinski definition) is 2. The van der Waals surface area contributed by atoms with Gasteiger partial charge in [0.2, 0.25) is 0 Å². The molecule has 6 heteroatoms. The zero-order valence-electron chi connectivity index (χ0n) is 18.6. The van der Waals surface area contributed by atoms with E-state index in [0.717, 1.165) is 42.9 Å². The molecule has 1 saturated heterocycles. The van der Waals surface area contributed by atoms with Crippen molar-refractivity contribution < 1.29 is 10.2 Å². The van der Waals surface area contributed by atoms with Crippen molar-refractivity contribution in [3.05, 3.63) is 34.7 Å². The van der Waals surface area contributed by atoms with Crippen LogP contribution in [0, 0.1) is 11.3 Å². The lowest BCUT2D eigenvalue weighted by molar-refractivity contribution is -0.0163. The molecule has 170 valence electrons. The second-order valence-electron chi connectivity index (χ2n) is 10.3. The predicted molar refractivity (Wildman–Crippen MR) is 122 cm³/mol. The largest absolute Gasteiger partial charge is 0.394 e. The van der Waals surface area contributed by atoms with Crippen molar-refractivity contribution in [2.24, 2.45) is 11.3 Å². The third-order valence-electron chi connectivity index (χ3n) is 8.57. The normalized spacial score (nSPS) is 25.7. The standard InChI is InChI=1S/C25H37N3O3/c29-18-21(30)17-27-22-7-1-2-8-23(22)28(24(27)31)20-9-14-26(15-10-20)16-19-6-3-4-11-25(19)12-5-13-25/h1-2,7-8,19-21,29-30H,3-6,9-18H2. The number of benzene rings is 1. The topological polar surface area (TPSA) is 70.6 Å². The molecule has 3 fully saturated rings. The second kappa shape index (κ2) is 8.72. The van der Waals surface area contributed by atoms with Crippen molar-refractivity contribution in [3.63, 3.8) is 0 Å². The van der Waals surface area contributed by atoms with E-state index in [1.807, 2.05) is 28.8 Å². The molecule has 31 heavy (non-hydrogen) atoms. The third-order valence-corrected chi connectivity index (χ3v) is 8.57. The minimum Gasteiger partial charge on any atom is -0.394 e. The fourth-order valence-corrected chi connectivity index (χ4v) is 6.65. The van der Waals surface area contributed by atoms with Crippen LogP contribution >= 0.6 is 0 Å². The van der Waals surface area contributed by atoms with Gasteiger partial charge in [0.15, 0.2) is 0 Å². The molecule has 3 aliphatic rings. The number of aromatic nitrogens is 2. The highest BCUT2D eigenvalue weighted by Crippen LogP contribution is 2.55. The molecule has 2 saturated carbocycles. The van der Waals surface area contributed by atoms with Crippen molar-refractivity contribution in [1.82, 2.24) is 14.0 Å². The molecular formula is C25H37N3O3. The SMILES string of the molecule is O=c1n(CC(O)CO)c2ccccc2n1C1CCN(CC2CCCCC23CCC3)CC1. The Labute approximate surface area is 184 Å². The molecule has 6 nitrogen and oxygen atoms in total. The summed E-state index contributed by atoms with van der Waals surface area (Å²) >= 11 is 0. The summed E-state index contributed by atoms with van der Waals surface area (Å²) in [5, 5.41) is 19.2. The molecule has 2 aliphatic carbocycles. The average molecular weight is 428 g/mol. The number of nitrogens with zero attached hydrogens (tertiary/aromatic N) is 3. The van der Waals surface area contributed by atoms with Gasteiger partial charge in [0, 0.05) is 25.7 Å². The predicted octanol–water partition coefficient (Wildman–Crippen LogP) is 3.15. The Morgan fingerprint density at radius 1 is 1.00 bits per heavy atom. The van der Waals surface area contributed by atoms with Crippen LogP contribution in [0.2, 0.25) is 0 Å². The first-order chi connectivity index (χ1) is 15.1. The van der Waals surface area contributed by atoms with Crippen molar-refractivity contribution in [2.45, 2.75) is 76.5 Å². The van der Waals surface area contributed by atoms with Gasteiger partial charge >= 0.3 is 5.69 Å². The monoisotopic (exact) mass is 427 g/mol. The zero-order chi connectivity index (χ0) is 21.4. The van der Waals surface area contributed by atoms with Gasteiger partial charge in [0.1, 0.15) is 0 Å². The van der Waals surface area contributed by atoms with E-state index in [1.165, 1.54) is 51.5 Å². The van der Waals surface area contributed by atoms with Gasteiger partial charge in [-0.2, -0.15) is 0 Å². The van der Waals surface area contributed by atoms with Crippen molar-refractivity contribution in [2.75, 3.05) is 26.2 Å². The van der Waals surface area contributed by atoms with Crippen LogP contribution in [-0.4, -0.2) is 56.6 Å². The van der Waals surface area contributed by atoms with Crippen LogP contribution in [0.25, 0.3) is 11.0 Å². The van der Waals surface area contributed by atoms with Crippen molar-refractivity contribution in [3.8, 4) is 0 Å². The van der Waals surface area contributed by atoms with E-state index >= 15 is 0 Å². The van der Waals surface area contributed by atoms with Gasteiger partial charge in [-0.15, -0.1) is 0 Å². The molecule has 2 heterocycles. The lowest BCUT2D eigenvalue weighted by Gasteiger charge is -2.52. The fourth-order valence-electron chi connectivity index (χ4n) is 6.65. The quantitative estimate of drug-likeness (QED) is 0.743. The molecule has 5 rings (SSSR count). The molecule has 2 unspecified atom stereocenters. The van der Waals surface area contributed by atoms with Gasteiger partial charge in [-0.05, 0) is 62.0 Å². The number of rotatable bonds is 6. The fraction of sp³-hybridized carbons (Fsp3) is 0.720. The summed E-state index contributed by atoms with van der Waals surface area (Å²) in [6.07, 6.45) is 11.1. The highest BCUT2D eigenvalue weighted by molar-refractivity contribution is 5.76. The Morgan fingerprint density at radius 2 is 1.71 bits per heavy atom. The number of piperidine rings is 1. The molecule has 2 atom stereocenters. The zero-order valence-corrected chi connectivity index (χ0v) is 18.6. The number of likely N-dealkylation sites (tertiary alicyclic amines) is 1. The minimum atomic E-state index is -0.923. The van der Waals surface area contributed by atoms with E-state index in [0.29, 0.717) is 5.41 Å². The molecule has 1 aromatic heterocycles. The number of fused-ring (bicyclic) bond motifs is 1. The van der Waals surface area contributed by atoms with Gasteiger partial charge in [0.25, 0.3) is 0 Å². The van der Waals surface area contributed by atoms with Gasteiger partial charge in [-0.1, -0.05) is 31.4 Å². The highest BCUT2D eigenvalue weighted by Gasteiger charge is 2.45. The van der Waals surface area contributed by atoms with Crippen LogP contribution in [0.4, 0.5) is 0 Å². The van der Waals surface area contributed by atoms with Crippen LogP contribution in [0.1, 0.15) is 63.8 Å². The van der Waals surface area contributed by atoms with Crippen molar-refractivity contribution >= 4 is 11.0 Å². The Morgan fingerprint density at radius 3 is 2.39 bits per heavy atom. The van der Waals surface area contributed by atoms with Crippen molar-refractivity contribution in [1.29, 1.82) is 0 Å². The molecule has 1 aliphatic heterocycles. The molecule has 2 aromatic rings. The number of hydrogen-bond acceptors (Lipinski definition) is 4. The minimum absolute atomic E-state index is 0.0622. The second-order valence-corrected chi connectivity index (χ2v) is 10.3. The Bertz CT molecular complexity index is 953. The number of aliphatic hydroxyl groups excluding tert-OH is 2. The van der Waals surface area contributed by atoms with Crippen LogP contribution in [0.15, 0.2) is 29.1 Å². The smallest absolute Gasteiger partial charge is 0.329 e. The summed E-state index contributed by atoms with van der Waals surface area (Å²) in [5.41, 5.74) is 2.38. The maximum Gasteiger partial charge on any atom is 0.329 e. The van der Waals surface area contributed by atoms with Crippen LogP contribution in [0.5, 0.6) is 0 Å². The van der Waals surface area contributed by atoms with Crippen LogP contribution in [-0.2, 0) is 6.54 Å². The van der Waals surface area contributed by atoms with E-state index < -0.39 is 6.10 Å². The molecule has 1 spiro atoms. The summed E-state index contributed by atoms with van der Waals surface area (Å²) in [7, 11) is 0. The maximum absolute atomic E-state index is 13.3. The van der Waals surface area contributed by atoms with E-state index in [2.05, 4.69) is 4.90 Å². The van der Waals surface area contributed by atoms with E-state index in [4.69, 9.17) is 0 Å². The van der Waals surface area contributed by atoms with Gasteiger partial charge in [-0.25, -0.2) is 4.79 Å². The average Bonchev–Trinajstić information content (AvgIpc) is 3.05. The highest BCUT2D eigenvalue weighted by atomic mass is 16.3. The van der Waals surface area contributed by atoms with Gasteiger partial charge < -0.3 is 15.1 Å². The molecule has 2 N–H and O–H groups in total. The number of imidazole rings is 1. The first kappa shape index (κ1) is 21.2. The number of para-hydroxylation sites is 2. The third kappa shape index (κ3) is 3.87. The Hall–Kier alpha value is -1.63. The van der Waals surface area contributed by atoms with E-state index in [9.17, 15) is 15.0 Å². The van der Waals surface area contributed by atoms with Gasteiger partial charge in [-0.3, -0.25) is 9.13 Å². The maximum atomic E-state index is 13.3. The summed E-state index contributed by atoms with van der Waals surface area (Å²) in [4.78, 5) is 15.9. The summed E-state index contributed by atoms with van der Waals surface area (Å²) in [6, 6.07) is 8.05. The van der Waals surface area contributed by atoms with Crippen LogP contribution < -0.4 is 5.69 Å². The van der Waals surface area contributed by atoms with E-state index in [1.54, 1.807) is 4.57 Å². The summed E-state index contributed by atoms with van der Waals surface area (Å²) in [5.74, 6) is 0.871. The van der Waals surface area contributed by atoms with Crippen LogP contribution in [0.3, 0.4) is 0 Å². The molecule has 0 bridgehead atoms. The summed E-state index contributed by atoms with van der Waals surface area (Å²) < 4.78 is 3.58. The lowest BCUT2D eigenvalue weighted by Crippen LogP contribution is -2.47. The summed E-state index contributed by atoms with van der Waals surface area (Å²) in [6.45, 7) is 3.15. The first-order valence-corrected chi connectivity index (χ1v) is 12.3. The Balaban J connectivity index is 1.30. The molecule has 1 aromatic carbocycles. The van der Waals surface area contributed by atoms with E-state index in [-0.39, 0.29) is 24.9 Å². The first-order valence-electron chi connectivity index (χ1n) is 12.3. The molecule has 0 radical (unpaired) electrons.